The maximum Gasteiger partial charge on any atom is 0 e. The van der Waals surface area contributed by atoms with Crippen molar-refractivity contribution in [2.24, 2.45) is 0 Å². The van der Waals surface area contributed by atoms with E-state index in [-0.39, 0.29) is 32.7 Å². The van der Waals surface area contributed by atoms with Crippen molar-refractivity contribution in [3.63, 3.8) is 0 Å². The van der Waals surface area contributed by atoms with Crippen molar-refractivity contribution in [3.8, 4) is 0 Å². The Morgan fingerprint density at radius 1 is 1.33 bits per heavy atom. The summed E-state index contributed by atoms with van der Waals surface area (Å²) in [5.41, 5.74) is 0. The molecular weight excluding hydrogens is 151 g/mol. The minimum absolute atomic E-state index is 0. The largest absolute Gasteiger partial charge is 0.459 e. The Kier molecular flexibility index (Phi) is 3.67. The van der Waals surface area contributed by atoms with E-state index in [0.717, 1.165) is 0 Å². The molecule has 1 nitrogen and oxygen atoms in total. The Balaban J connectivity index is 0.000000250. The quantitative estimate of drug-likeness (QED) is 0.464. The van der Waals surface area contributed by atoms with E-state index in [0.29, 0.717) is 0 Å². The van der Waals surface area contributed by atoms with E-state index in [1.165, 1.54) is 19.5 Å². The second-order valence-electron chi connectivity index (χ2n) is 1.47. The molecule has 1 aliphatic heterocycles. The number of hydrogen-bond donors (Lipinski definition) is 0. The van der Waals surface area contributed by atoms with Gasteiger partial charge in [-0.15, -0.1) is 0 Å². The zero-order valence-corrected chi connectivity index (χ0v) is 6.69. The average Bonchev–Trinajstić information content (AvgIpc) is 1.30. The Morgan fingerprint density at radius 3 is 1.67 bits per heavy atom. The molecule has 6 heavy (non-hydrogen) atoms. The van der Waals surface area contributed by atoms with Gasteiger partial charge in [-0.3, -0.25) is 7.05 Å². The summed E-state index contributed by atoms with van der Waals surface area (Å²) in [6.07, 6.45) is 1.35. The predicted molar refractivity (Wildman–Crippen MR) is 21.5 cm³/mol. The van der Waals surface area contributed by atoms with Gasteiger partial charge in [-0.05, 0) is 19.5 Å². The monoisotopic (exact) mass is 159 g/mol. The zero-order chi connectivity index (χ0) is 3.70. The van der Waals surface area contributed by atoms with E-state index >= 15 is 0 Å². The summed E-state index contributed by atoms with van der Waals surface area (Å²) in [6, 6.07) is 0. The maximum absolute atomic E-state index is 3.68. The van der Waals surface area contributed by atoms with Gasteiger partial charge in [0.05, 0.1) is 0 Å². The summed E-state index contributed by atoms with van der Waals surface area (Å²) in [6.45, 7) is 2.42. The Labute approximate surface area is 64.0 Å². The van der Waals surface area contributed by atoms with Crippen molar-refractivity contribution in [3.05, 3.63) is 7.05 Å². The zero-order valence-electron chi connectivity index (χ0n) is 3.85. The summed E-state index contributed by atoms with van der Waals surface area (Å²) < 4.78 is 0. The van der Waals surface area contributed by atoms with Crippen molar-refractivity contribution in [1.29, 1.82) is 0 Å². The van der Waals surface area contributed by atoms with Gasteiger partial charge in [0.1, 0.15) is 0 Å². The molecule has 0 saturated carbocycles. The van der Waals surface area contributed by atoms with Crippen LogP contribution in [0.2, 0.25) is 0 Å². The molecule has 0 atom stereocenters. The van der Waals surface area contributed by atoms with E-state index in [1.54, 1.807) is 0 Å². The summed E-state index contributed by atoms with van der Waals surface area (Å²) in [4.78, 5) is 2.06. The topological polar surface area (TPSA) is 3.24 Å². The molecule has 0 bridgehead atoms. The first-order chi connectivity index (χ1) is 2.39. The molecule has 0 spiro atoms. The van der Waals surface area contributed by atoms with Gasteiger partial charge < -0.3 is 4.90 Å². The standard InChI is InChI=1S/C4H8N.Y/c1-5-3-2-4-5;/h1-4H2;/q-1;. The fourth-order valence-corrected chi connectivity index (χ4v) is 0.382. The average molecular weight is 159 g/mol. The van der Waals surface area contributed by atoms with Crippen LogP contribution in [-0.2, 0) is 32.7 Å². The summed E-state index contributed by atoms with van der Waals surface area (Å²) in [5, 5.41) is 0. The van der Waals surface area contributed by atoms with Crippen LogP contribution < -0.4 is 0 Å². The number of rotatable bonds is 0. The van der Waals surface area contributed by atoms with E-state index in [1.807, 2.05) is 0 Å². The van der Waals surface area contributed by atoms with Crippen LogP contribution in [-0.4, -0.2) is 18.0 Å². The third-order valence-electron chi connectivity index (χ3n) is 0.949. The third kappa shape index (κ3) is 1.68. The van der Waals surface area contributed by atoms with Crippen LogP contribution in [0.5, 0.6) is 0 Å². The number of hydrogen-bond acceptors (Lipinski definition) is 1. The van der Waals surface area contributed by atoms with E-state index in [2.05, 4.69) is 11.9 Å². The molecule has 1 radical (unpaired) electrons. The van der Waals surface area contributed by atoms with Crippen LogP contribution in [0.4, 0.5) is 0 Å². The molecule has 0 N–H and O–H groups in total. The normalized spacial score (nSPS) is 21.5. The molecule has 0 amide bonds. The first kappa shape index (κ1) is 7.06. The van der Waals surface area contributed by atoms with Gasteiger partial charge in [0.25, 0.3) is 0 Å². The van der Waals surface area contributed by atoms with Gasteiger partial charge in [0.2, 0.25) is 0 Å². The maximum atomic E-state index is 3.68. The van der Waals surface area contributed by atoms with Crippen molar-refractivity contribution >= 4 is 0 Å². The van der Waals surface area contributed by atoms with Gasteiger partial charge >= 0.3 is 0 Å². The fraction of sp³-hybridized carbons (Fsp3) is 0.750. The number of nitrogens with zero attached hydrogens (tertiary/aromatic N) is 1. The van der Waals surface area contributed by atoms with Crippen LogP contribution in [0.3, 0.4) is 0 Å². The molecule has 1 heterocycles. The molecule has 2 heteroatoms. The summed E-state index contributed by atoms with van der Waals surface area (Å²) in [5.74, 6) is 0. The van der Waals surface area contributed by atoms with Crippen LogP contribution in [0.25, 0.3) is 0 Å². The Hall–Kier alpha value is 1.06. The molecule has 1 aliphatic rings. The molecule has 0 aromatic rings. The molecule has 33 valence electrons. The van der Waals surface area contributed by atoms with Gasteiger partial charge in [-0.25, -0.2) is 0 Å². The van der Waals surface area contributed by atoms with E-state index in [4.69, 9.17) is 0 Å². The van der Waals surface area contributed by atoms with Crippen LogP contribution in [0, 0.1) is 7.05 Å². The van der Waals surface area contributed by atoms with Gasteiger partial charge in [0.15, 0.2) is 0 Å². The van der Waals surface area contributed by atoms with Crippen LogP contribution in [0.15, 0.2) is 0 Å². The van der Waals surface area contributed by atoms with E-state index < -0.39 is 0 Å². The second kappa shape index (κ2) is 3.12. The summed E-state index contributed by atoms with van der Waals surface area (Å²) in [7, 11) is 3.68. The SMILES string of the molecule is [CH2-]N1CCC1.[Y]. The Morgan fingerprint density at radius 2 is 1.67 bits per heavy atom. The molecule has 0 unspecified atom stereocenters. The van der Waals surface area contributed by atoms with Crippen molar-refractivity contribution in [2.45, 2.75) is 6.42 Å². The molecule has 1 fully saturated rings. The molecular formula is C4H8NY-. The van der Waals surface area contributed by atoms with Crippen molar-refractivity contribution in [2.75, 3.05) is 13.1 Å². The Bertz CT molecular complexity index is 34.5. The smallest absolute Gasteiger partial charge is 0 e. The first-order valence-corrected chi connectivity index (χ1v) is 1.95. The first-order valence-electron chi connectivity index (χ1n) is 1.95. The third-order valence-corrected chi connectivity index (χ3v) is 0.949. The van der Waals surface area contributed by atoms with Gasteiger partial charge in [-0.1, -0.05) is 0 Å². The minimum Gasteiger partial charge on any atom is -0.459 e. The molecule has 1 rings (SSSR count). The molecule has 1 saturated heterocycles. The summed E-state index contributed by atoms with van der Waals surface area (Å²) >= 11 is 0. The van der Waals surface area contributed by atoms with E-state index in [9.17, 15) is 0 Å². The van der Waals surface area contributed by atoms with Gasteiger partial charge in [0, 0.05) is 32.7 Å². The van der Waals surface area contributed by atoms with Crippen molar-refractivity contribution < 1.29 is 32.7 Å². The second-order valence-corrected chi connectivity index (χ2v) is 1.47. The van der Waals surface area contributed by atoms with Gasteiger partial charge in [-0.2, -0.15) is 0 Å². The molecule has 0 aromatic carbocycles. The fourth-order valence-electron chi connectivity index (χ4n) is 0.382. The minimum atomic E-state index is 0. The van der Waals surface area contributed by atoms with Crippen LogP contribution in [0.1, 0.15) is 6.42 Å². The predicted octanol–water partition coefficient (Wildman–Crippen LogP) is 0.481. The van der Waals surface area contributed by atoms with Crippen LogP contribution >= 0.6 is 0 Å². The van der Waals surface area contributed by atoms with Crippen molar-refractivity contribution in [1.82, 2.24) is 4.90 Å². The molecule has 0 aromatic heterocycles. The number of likely N-dealkylation sites (tertiary alicyclic amines) is 1. The molecule has 0 aliphatic carbocycles.